The normalized spacial score (nSPS) is 13.8. The summed E-state index contributed by atoms with van der Waals surface area (Å²) in [6.07, 6.45) is -3.96. The zero-order chi connectivity index (χ0) is 29.2. The Morgan fingerprint density at radius 3 is 2.54 bits per heavy atom. The molecule has 0 spiro atoms. The van der Waals surface area contributed by atoms with Gasteiger partial charge in [0.25, 0.3) is 0 Å². The number of halogens is 3. The first-order chi connectivity index (χ1) is 19.6. The number of methoxy groups -OCH3 is 1. The van der Waals surface area contributed by atoms with Crippen molar-refractivity contribution in [1.29, 1.82) is 0 Å². The van der Waals surface area contributed by atoms with Gasteiger partial charge in [0.2, 0.25) is 11.9 Å². The number of carbonyl (C=O) groups excluding carboxylic acids is 1. The number of anilines is 4. The molecule has 4 aromatic rings. The molecule has 0 saturated carbocycles. The summed E-state index contributed by atoms with van der Waals surface area (Å²) in [5.41, 5.74) is 1.66. The van der Waals surface area contributed by atoms with Crippen LogP contribution in [0.15, 0.2) is 72.9 Å². The Hall–Kier alpha value is -4.80. The van der Waals surface area contributed by atoms with Crippen LogP contribution in [0.4, 0.5) is 36.3 Å². The highest BCUT2D eigenvalue weighted by molar-refractivity contribution is 6.06. The Balaban J connectivity index is 1.37. The highest BCUT2D eigenvalue weighted by Crippen LogP contribution is 2.40. The van der Waals surface area contributed by atoms with E-state index < -0.39 is 23.0 Å². The lowest BCUT2D eigenvalue weighted by Crippen LogP contribution is -2.28. The number of hydrogen-bond donors (Lipinski definition) is 3. The fourth-order valence-electron chi connectivity index (χ4n) is 4.67. The molecule has 0 saturated heterocycles. The van der Waals surface area contributed by atoms with Gasteiger partial charge in [-0.15, -0.1) is 0 Å². The van der Waals surface area contributed by atoms with E-state index in [1.54, 1.807) is 50.2 Å². The van der Waals surface area contributed by atoms with E-state index in [0.717, 1.165) is 17.3 Å². The summed E-state index contributed by atoms with van der Waals surface area (Å²) < 4.78 is 52.9. The van der Waals surface area contributed by atoms with Gasteiger partial charge < -0.3 is 25.4 Å². The van der Waals surface area contributed by atoms with Crippen LogP contribution < -0.4 is 25.4 Å². The van der Waals surface area contributed by atoms with E-state index in [2.05, 4.69) is 25.9 Å². The van der Waals surface area contributed by atoms with Crippen LogP contribution in [-0.4, -0.2) is 23.0 Å². The molecule has 11 heteroatoms. The van der Waals surface area contributed by atoms with Crippen LogP contribution >= 0.6 is 0 Å². The molecule has 0 radical (unpaired) electrons. The van der Waals surface area contributed by atoms with Crippen molar-refractivity contribution in [3.63, 3.8) is 0 Å². The SMILES string of the molecule is COc1cc(OCc2ccccc2)ccc1Nc1ncc(C(F)(F)F)c(NCc2cccc3c2C(C)(C)C(=O)N3)n1. The molecular weight excluding hydrogens is 535 g/mol. The molecule has 8 nitrogen and oxygen atoms in total. The maximum absolute atomic E-state index is 13.9. The van der Waals surface area contributed by atoms with Crippen LogP contribution in [0.1, 0.15) is 36.1 Å². The second-order valence-electron chi connectivity index (χ2n) is 9.99. The summed E-state index contributed by atoms with van der Waals surface area (Å²) >= 11 is 0. The van der Waals surface area contributed by atoms with Crippen molar-refractivity contribution < 1.29 is 27.4 Å². The molecule has 0 bridgehead atoms. The molecular formula is C30H28F3N5O3. The van der Waals surface area contributed by atoms with Crippen molar-refractivity contribution in [1.82, 2.24) is 9.97 Å². The zero-order valence-corrected chi connectivity index (χ0v) is 22.6. The number of fused-ring (bicyclic) bond motifs is 1. The lowest BCUT2D eigenvalue weighted by Gasteiger charge is -2.20. The van der Waals surface area contributed by atoms with Crippen LogP contribution in [-0.2, 0) is 29.5 Å². The summed E-state index contributed by atoms with van der Waals surface area (Å²) in [4.78, 5) is 20.5. The van der Waals surface area contributed by atoms with Crippen molar-refractivity contribution in [3.8, 4) is 11.5 Å². The topological polar surface area (TPSA) is 97.4 Å². The summed E-state index contributed by atoms with van der Waals surface area (Å²) in [6, 6.07) is 20.0. The van der Waals surface area contributed by atoms with Crippen molar-refractivity contribution in [3.05, 3.63) is 95.2 Å². The molecule has 3 aromatic carbocycles. The monoisotopic (exact) mass is 563 g/mol. The second-order valence-corrected chi connectivity index (χ2v) is 9.99. The molecule has 5 rings (SSSR count). The molecule has 0 aliphatic carbocycles. The van der Waals surface area contributed by atoms with Gasteiger partial charge in [-0.3, -0.25) is 4.79 Å². The third-order valence-electron chi connectivity index (χ3n) is 6.80. The van der Waals surface area contributed by atoms with E-state index in [1.807, 2.05) is 30.3 Å². The second kappa shape index (κ2) is 11.0. The van der Waals surface area contributed by atoms with Crippen molar-refractivity contribution >= 4 is 29.0 Å². The molecule has 1 aliphatic heterocycles. The number of nitrogens with one attached hydrogen (secondary N) is 3. The van der Waals surface area contributed by atoms with E-state index in [-0.39, 0.29) is 18.4 Å². The molecule has 0 fully saturated rings. The van der Waals surface area contributed by atoms with Gasteiger partial charge in [-0.25, -0.2) is 4.98 Å². The van der Waals surface area contributed by atoms with Gasteiger partial charge >= 0.3 is 6.18 Å². The number of nitrogens with zero attached hydrogens (tertiary/aromatic N) is 2. The summed E-state index contributed by atoms with van der Waals surface area (Å²) in [5.74, 6) is 0.317. The predicted octanol–water partition coefficient (Wildman–Crippen LogP) is 6.67. The third-order valence-corrected chi connectivity index (χ3v) is 6.80. The fraction of sp³-hybridized carbons (Fsp3) is 0.233. The predicted molar refractivity (Wildman–Crippen MR) is 150 cm³/mol. The van der Waals surface area contributed by atoms with Crippen LogP contribution in [0.2, 0.25) is 0 Å². The first-order valence-corrected chi connectivity index (χ1v) is 12.8. The molecule has 3 N–H and O–H groups in total. The maximum atomic E-state index is 13.9. The van der Waals surface area contributed by atoms with E-state index in [4.69, 9.17) is 9.47 Å². The average Bonchev–Trinajstić information content (AvgIpc) is 3.19. The number of carbonyl (C=O) groups is 1. The van der Waals surface area contributed by atoms with Crippen molar-refractivity contribution in [2.75, 3.05) is 23.1 Å². The van der Waals surface area contributed by atoms with E-state index in [0.29, 0.717) is 35.0 Å². The van der Waals surface area contributed by atoms with Gasteiger partial charge in [0.15, 0.2) is 0 Å². The molecule has 1 aromatic heterocycles. The number of aromatic nitrogens is 2. The van der Waals surface area contributed by atoms with Gasteiger partial charge in [0.05, 0.1) is 18.2 Å². The Labute approximate surface area is 234 Å². The Kier molecular flexibility index (Phi) is 7.44. The largest absolute Gasteiger partial charge is 0.494 e. The molecule has 41 heavy (non-hydrogen) atoms. The van der Waals surface area contributed by atoms with E-state index in [1.165, 1.54) is 7.11 Å². The van der Waals surface area contributed by atoms with Gasteiger partial charge in [0.1, 0.15) is 29.5 Å². The molecule has 0 atom stereocenters. The standard InChI is InChI=1S/C30H28F3N5O3/c1-29(2)25-19(10-7-11-23(25)36-27(29)39)15-34-26-21(30(31,32)33)16-35-28(38-26)37-22-13-12-20(14-24(22)40-3)41-17-18-8-5-4-6-9-18/h4-14,16H,15,17H2,1-3H3,(H,36,39)(H2,34,35,37,38). The third kappa shape index (κ3) is 5.88. The Morgan fingerprint density at radius 1 is 1.02 bits per heavy atom. The molecule has 0 unspecified atom stereocenters. The van der Waals surface area contributed by atoms with Gasteiger partial charge in [0, 0.05) is 24.5 Å². The Bertz CT molecular complexity index is 1580. The number of benzene rings is 3. The molecule has 212 valence electrons. The maximum Gasteiger partial charge on any atom is 0.421 e. The number of rotatable bonds is 9. The van der Waals surface area contributed by atoms with Crippen LogP contribution in [0, 0.1) is 0 Å². The number of hydrogen-bond acceptors (Lipinski definition) is 7. The highest BCUT2D eigenvalue weighted by Gasteiger charge is 2.40. The van der Waals surface area contributed by atoms with Gasteiger partial charge in [-0.2, -0.15) is 18.2 Å². The summed E-state index contributed by atoms with van der Waals surface area (Å²) in [6.45, 7) is 3.92. The first-order valence-electron chi connectivity index (χ1n) is 12.8. The summed E-state index contributed by atoms with van der Waals surface area (Å²) in [7, 11) is 1.47. The lowest BCUT2D eigenvalue weighted by molar-refractivity contribution is -0.137. The minimum absolute atomic E-state index is 0.0118. The smallest absolute Gasteiger partial charge is 0.421 e. The van der Waals surface area contributed by atoms with Crippen LogP contribution in [0.25, 0.3) is 0 Å². The highest BCUT2D eigenvalue weighted by atomic mass is 19.4. The minimum Gasteiger partial charge on any atom is -0.494 e. The average molecular weight is 564 g/mol. The van der Waals surface area contributed by atoms with E-state index in [9.17, 15) is 18.0 Å². The van der Waals surface area contributed by atoms with Gasteiger partial charge in [-0.05, 0) is 48.7 Å². The first kappa shape index (κ1) is 27.8. The zero-order valence-electron chi connectivity index (χ0n) is 22.6. The van der Waals surface area contributed by atoms with E-state index >= 15 is 0 Å². The van der Waals surface area contributed by atoms with Gasteiger partial charge in [-0.1, -0.05) is 42.5 Å². The number of alkyl halides is 3. The molecule has 1 amide bonds. The fourth-order valence-corrected chi connectivity index (χ4v) is 4.67. The minimum atomic E-state index is -4.69. The quantitative estimate of drug-likeness (QED) is 0.209. The van der Waals surface area contributed by atoms with Crippen molar-refractivity contribution in [2.24, 2.45) is 0 Å². The number of ether oxygens (including phenoxy) is 2. The Morgan fingerprint density at radius 2 is 1.80 bits per heavy atom. The lowest BCUT2D eigenvalue weighted by atomic mass is 9.83. The molecule has 2 heterocycles. The van der Waals surface area contributed by atoms with Crippen LogP contribution in [0.3, 0.4) is 0 Å². The molecule has 1 aliphatic rings. The van der Waals surface area contributed by atoms with Crippen molar-refractivity contribution in [2.45, 2.75) is 38.6 Å². The van der Waals surface area contributed by atoms with Crippen LogP contribution in [0.5, 0.6) is 11.5 Å². The summed E-state index contributed by atoms with van der Waals surface area (Å²) in [5, 5.41) is 8.58. The number of amides is 1.